The van der Waals surface area contributed by atoms with Gasteiger partial charge >= 0.3 is 0 Å². The predicted octanol–water partition coefficient (Wildman–Crippen LogP) is 3.42. The van der Waals surface area contributed by atoms with Crippen LogP contribution in [0.25, 0.3) is 0 Å². The molecule has 2 aromatic carbocycles. The quantitative estimate of drug-likeness (QED) is 0.873. The summed E-state index contributed by atoms with van der Waals surface area (Å²) < 4.78 is -0.710. The molecule has 0 spiro atoms. The van der Waals surface area contributed by atoms with Gasteiger partial charge in [0, 0.05) is 14.3 Å². The number of hydrogen-bond donors (Lipinski definition) is 1. The summed E-state index contributed by atoms with van der Waals surface area (Å²) in [5.74, 6) is 0. The molecule has 0 amide bonds. The van der Waals surface area contributed by atoms with Gasteiger partial charge in [0.15, 0.2) is 0 Å². The van der Waals surface area contributed by atoms with Crippen LogP contribution in [0, 0.1) is 0 Å². The highest BCUT2D eigenvalue weighted by atomic mass is 32.2. The second-order valence-corrected chi connectivity index (χ2v) is 8.37. The van der Waals surface area contributed by atoms with Crippen LogP contribution in [0.1, 0.15) is 6.42 Å². The minimum atomic E-state index is -0.778. The normalized spacial score (nSPS) is 22.0. The van der Waals surface area contributed by atoms with E-state index in [1.54, 1.807) is 11.8 Å². The van der Waals surface area contributed by atoms with Gasteiger partial charge in [-0.1, -0.05) is 78.5 Å². The van der Waals surface area contributed by atoms with Crippen molar-refractivity contribution in [3.05, 3.63) is 72.1 Å². The van der Waals surface area contributed by atoms with Gasteiger partial charge in [0.2, 0.25) is 0 Å². The topological polar surface area (TPSA) is 20.2 Å². The van der Waals surface area contributed by atoms with E-state index in [1.165, 1.54) is 10.6 Å². The molecule has 1 aliphatic rings. The first-order chi connectivity index (χ1) is 9.30. The van der Waals surface area contributed by atoms with Crippen molar-refractivity contribution in [1.29, 1.82) is 0 Å². The van der Waals surface area contributed by atoms with E-state index in [0.29, 0.717) is 6.42 Å². The number of benzene rings is 2. The van der Waals surface area contributed by atoms with Crippen molar-refractivity contribution < 1.29 is 5.11 Å². The van der Waals surface area contributed by atoms with Gasteiger partial charge in [-0.15, -0.1) is 0 Å². The Morgan fingerprint density at radius 1 is 0.895 bits per heavy atom. The molecule has 0 saturated heterocycles. The smallest absolute Gasteiger partial charge is 0.144 e. The maximum absolute atomic E-state index is 11.0. The Balaban J connectivity index is 2.06. The molecule has 0 aromatic heterocycles. The van der Waals surface area contributed by atoms with E-state index in [9.17, 15) is 5.11 Å². The molecule has 0 bridgehead atoms. The maximum atomic E-state index is 11.0. The minimum Gasteiger partial charge on any atom is -0.374 e. The Bertz CT molecular complexity index is 520. The third kappa shape index (κ3) is 2.62. The highest BCUT2D eigenvalue weighted by Crippen LogP contribution is 2.57. The van der Waals surface area contributed by atoms with Crippen LogP contribution in [0.5, 0.6) is 0 Å². The van der Waals surface area contributed by atoms with Crippen molar-refractivity contribution in [3.63, 3.8) is 0 Å². The molecule has 19 heavy (non-hydrogen) atoms. The van der Waals surface area contributed by atoms with Crippen LogP contribution in [0.2, 0.25) is 0 Å². The Kier molecular flexibility index (Phi) is 3.74. The van der Waals surface area contributed by atoms with Crippen molar-refractivity contribution in [3.8, 4) is 0 Å². The van der Waals surface area contributed by atoms with Gasteiger partial charge in [0.25, 0.3) is 0 Å². The monoisotopic (exact) mass is 286 g/mol. The lowest BCUT2D eigenvalue weighted by Gasteiger charge is -2.32. The maximum Gasteiger partial charge on any atom is 0.144 e. The highest BCUT2D eigenvalue weighted by molar-refractivity contribution is 8.10. The molecule has 3 heteroatoms. The zero-order chi connectivity index (χ0) is 13.1. The van der Waals surface area contributed by atoms with Crippen LogP contribution in [-0.2, 0) is 0 Å². The van der Waals surface area contributed by atoms with Gasteiger partial charge < -0.3 is 5.11 Å². The summed E-state index contributed by atoms with van der Waals surface area (Å²) in [5, 5.41) is 15.5. The van der Waals surface area contributed by atoms with Gasteiger partial charge in [-0.2, -0.15) is 0 Å². The summed E-state index contributed by atoms with van der Waals surface area (Å²) in [6.45, 7) is 0. The van der Waals surface area contributed by atoms with Gasteiger partial charge in [-0.25, -0.2) is 0 Å². The average Bonchev–Trinajstić information content (AvgIpc) is 2.89. The van der Waals surface area contributed by atoms with E-state index >= 15 is 0 Å². The zero-order valence-corrected chi connectivity index (χ0v) is 12.1. The van der Waals surface area contributed by atoms with Crippen LogP contribution in [0.3, 0.4) is 0 Å². The molecule has 1 heterocycles. The molecular formula is C16H15OPS. The molecule has 1 atom stereocenters. The van der Waals surface area contributed by atoms with E-state index in [2.05, 4.69) is 30.3 Å². The molecule has 1 nitrogen and oxygen atoms in total. The van der Waals surface area contributed by atoms with E-state index in [-0.39, 0.29) is 0 Å². The van der Waals surface area contributed by atoms with E-state index < -0.39 is 12.6 Å². The second kappa shape index (κ2) is 5.50. The average molecular weight is 286 g/mol. The fourth-order valence-corrected chi connectivity index (χ4v) is 6.43. The van der Waals surface area contributed by atoms with Gasteiger partial charge in [0.1, 0.15) is 4.67 Å². The lowest BCUT2D eigenvalue weighted by atomic mass is 10.4. The SMILES string of the molecule is OC1(P(c2ccccc2)c2ccccc2)CC=CS1. The fraction of sp³-hybridized carbons (Fsp3) is 0.125. The summed E-state index contributed by atoms with van der Waals surface area (Å²) in [6.07, 6.45) is 2.78. The molecular weight excluding hydrogens is 271 g/mol. The van der Waals surface area contributed by atoms with E-state index in [0.717, 1.165) is 0 Å². The van der Waals surface area contributed by atoms with E-state index in [4.69, 9.17) is 0 Å². The Labute approximate surface area is 119 Å². The lowest BCUT2D eigenvalue weighted by molar-refractivity contribution is 0.233. The summed E-state index contributed by atoms with van der Waals surface area (Å²) in [6, 6.07) is 20.7. The van der Waals surface area contributed by atoms with Crippen molar-refractivity contribution in [2.75, 3.05) is 0 Å². The molecule has 0 radical (unpaired) electrons. The number of thioether (sulfide) groups is 1. The van der Waals surface area contributed by atoms with Crippen LogP contribution in [0.15, 0.2) is 72.1 Å². The summed E-state index contributed by atoms with van der Waals surface area (Å²) in [7, 11) is -0.778. The lowest BCUT2D eigenvalue weighted by Crippen LogP contribution is -2.29. The number of hydrogen-bond acceptors (Lipinski definition) is 2. The summed E-state index contributed by atoms with van der Waals surface area (Å²) >= 11 is 1.55. The molecule has 1 N–H and O–H groups in total. The standard InChI is InChI=1S/C16H15OPS/c17-16(12-7-13-19-16)18(14-8-3-1-4-9-14)15-10-5-2-6-11-15/h1-11,13,17H,12H2. The van der Waals surface area contributed by atoms with Crippen LogP contribution >= 0.6 is 19.7 Å². The second-order valence-electron chi connectivity index (χ2n) is 4.44. The molecule has 1 unspecified atom stereocenters. The van der Waals surface area contributed by atoms with Crippen molar-refractivity contribution >= 4 is 30.3 Å². The summed E-state index contributed by atoms with van der Waals surface area (Å²) in [4.78, 5) is 0. The molecule has 0 fully saturated rings. The summed E-state index contributed by atoms with van der Waals surface area (Å²) in [5.41, 5.74) is 0. The number of aliphatic hydroxyl groups is 1. The minimum absolute atomic E-state index is 0.710. The molecule has 3 rings (SSSR count). The molecule has 0 saturated carbocycles. The van der Waals surface area contributed by atoms with Gasteiger partial charge in [0.05, 0.1) is 0 Å². The molecule has 96 valence electrons. The molecule has 2 aromatic rings. The van der Waals surface area contributed by atoms with Crippen molar-refractivity contribution in [2.45, 2.75) is 11.1 Å². The van der Waals surface area contributed by atoms with Gasteiger partial charge in [-0.05, 0) is 16.0 Å². The first-order valence-corrected chi connectivity index (χ1v) is 8.47. The molecule has 0 aliphatic carbocycles. The highest BCUT2D eigenvalue weighted by Gasteiger charge is 2.39. The Hall–Kier alpha value is -1.08. The van der Waals surface area contributed by atoms with Gasteiger partial charge in [-0.3, -0.25) is 0 Å². The Morgan fingerprint density at radius 2 is 1.42 bits per heavy atom. The van der Waals surface area contributed by atoms with Crippen LogP contribution in [0.4, 0.5) is 0 Å². The number of rotatable bonds is 3. The largest absolute Gasteiger partial charge is 0.374 e. The zero-order valence-electron chi connectivity index (χ0n) is 10.4. The Morgan fingerprint density at radius 3 is 1.84 bits per heavy atom. The molecule has 1 aliphatic heterocycles. The third-order valence-electron chi connectivity index (χ3n) is 3.11. The van der Waals surface area contributed by atoms with E-state index in [1.807, 2.05) is 41.8 Å². The third-order valence-corrected chi connectivity index (χ3v) is 7.36. The van der Waals surface area contributed by atoms with Crippen LogP contribution < -0.4 is 10.6 Å². The van der Waals surface area contributed by atoms with Crippen molar-refractivity contribution in [1.82, 2.24) is 0 Å². The predicted molar refractivity (Wildman–Crippen MR) is 85.4 cm³/mol. The first-order valence-electron chi connectivity index (χ1n) is 6.25. The van der Waals surface area contributed by atoms with Crippen LogP contribution in [-0.4, -0.2) is 9.78 Å². The first kappa shape index (κ1) is 12.9. The van der Waals surface area contributed by atoms with Crippen molar-refractivity contribution in [2.24, 2.45) is 0 Å². The fourth-order valence-electron chi connectivity index (χ4n) is 2.26.